The largest absolute Gasteiger partial charge is 0.348 e. The molecule has 2 aromatic carbocycles. The lowest BCUT2D eigenvalue weighted by atomic mass is 10.0. The third kappa shape index (κ3) is 6.04. The zero-order valence-electron chi connectivity index (χ0n) is 16.9. The first-order valence-electron chi connectivity index (χ1n) is 9.06. The highest BCUT2D eigenvalue weighted by Crippen LogP contribution is 2.23. The van der Waals surface area contributed by atoms with Crippen LogP contribution in [-0.4, -0.2) is 41.8 Å². The van der Waals surface area contributed by atoms with Crippen LogP contribution >= 0.6 is 0 Å². The summed E-state index contributed by atoms with van der Waals surface area (Å²) in [7, 11) is -6.96. The molecule has 0 radical (unpaired) electrons. The van der Waals surface area contributed by atoms with E-state index in [1.54, 1.807) is 43.3 Å². The maximum absolute atomic E-state index is 12.6. The molecular formula is C20H26N2O5S2. The molecule has 0 saturated carbocycles. The fourth-order valence-electron chi connectivity index (χ4n) is 2.96. The number of nitrogens with zero attached hydrogens (tertiary/aromatic N) is 1. The molecule has 29 heavy (non-hydrogen) atoms. The fraction of sp³-hybridized carbons (Fsp3) is 0.350. The number of carbonyl (C=O) groups is 1. The molecule has 0 unspecified atom stereocenters. The topological polar surface area (TPSA) is 101 Å². The molecule has 2 aromatic rings. The van der Waals surface area contributed by atoms with Gasteiger partial charge < -0.3 is 5.32 Å². The van der Waals surface area contributed by atoms with Gasteiger partial charge in [0.25, 0.3) is 0 Å². The van der Waals surface area contributed by atoms with E-state index in [1.807, 2.05) is 6.92 Å². The van der Waals surface area contributed by atoms with Crippen molar-refractivity contribution < 1.29 is 21.6 Å². The standard InChI is InChI=1S/C20H26N2O5S2/c1-5-18(16-10-12-17(13-11-16)28(3,24)25)21-20(23)14-22(29(4,26)27)19-9-7-6-8-15(19)2/h6-13,18H,5,14H2,1-4H3,(H,21,23)/t18-/m1/s1. The van der Waals surface area contributed by atoms with Crippen LogP contribution in [-0.2, 0) is 24.7 Å². The minimum absolute atomic E-state index is 0.199. The third-order valence-electron chi connectivity index (χ3n) is 4.53. The summed E-state index contributed by atoms with van der Waals surface area (Å²) in [6, 6.07) is 12.9. The van der Waals surface area contributed by atoms with Crippen molar-refractivity contribution in [1.29, 1.82) is 0 Å². The molecule has 0 aromatic heterocycles. The number of anilines is 1. The molecule has 0 heterocycles. The number of amides is 1. The molecular weight excluding hydrogens is 412 g/mol. The summed E-state index contributed by atoms with van der Waals surface area (Å²) in [6.45, 7) is 3.32. The predicted octanol–water partition coefficient (Wildman–Crippen LogP) is 2.43. The van der Waals surface area contributed by atoms with E-state index in [-0.39, 0.29) is 17.5 Å². The second-order valence-electron chi connectivity index (χ2n) is 6.93. The highest BCUT2D eigenvalue weighted by Gasteiger charge is 2.23. The number of hydrogen-bond acceptors (Lipinski definition) is 5. The second kappa shape index (κ2) is 8.96. The number of hydrogen-bond donors (Lipinski definition) is 1. The molecule has 0 spiro atoms. The molecule has 0 bridgehead atoms. The predicted molar refractivity (Wildman–Crippen MR) is 114 cm³/mol. The van der Waals surface area contributed by atoms with Crippen molar-refractivity contribution in [2.45, 2.75) is 31.2 Å². The molecule has 0 aliphatic heterocycles. The van der Waals surface area contributed by atoms with Gasteiger partial charge in [0.1, 0.15) is 6.54 Å². The van der Waals surface area contributed by atoms with Crippen LogP contribution in [0.3, 0.4) is 0 Å². The summed E-state index contributed by atoms with van der Waals surface area (Å²) in [5.41, 5.74) is 1.94. The van der Waals surface area contributed by atoms with E-state index < -0.39 is 25.8 Å². The molecule has 0 fully saturated rings. The Balaban J connectivity index is 2.21. The summed E-state index contributed by atoms with van der Waals surface area (Å²) in [5.74, 6) is -0.447. The highest BCUT2D eigenvalue weighted by molar-refractivity contribution is 7.92. The van der Waals surface area contributed by atoms with Crippen LogP contribution in [0.25, 0.3) is 0 Å². The molecule has 9 heteroatoms. The van der Waals surface area contributed by atoms with Crippen molar-refractivity contribution in [1.82, 2.24) is 5.32 Å². The lowest BCUT2D eigenvalue weighted by molar-refractivity contribution is -0.120. The zero-order chi connectivity index (χ0) is 21.8. The Labute approximate surface area is 172 Å². The molecule has 0 saturated heterocycles. The lowest BCUT2D eigenvalue weighted by Gasteiger charge is -2.25. The number of para-hydroxylation sites is 1. The molecule has 1 amide bonds. The van der Waals surface area contributed by atoms with Crippen LogP contribution in [0, 0.1) is 6.92 Å². The van der Waals surface area contributed by atoms with Crippen molar-refractivity contribution in [3.63, 3.8) is 0 Å². The maximum Gasteiger partial charge on any atom is 0.241 e. The summed E-state index contributed by atoms with van der Waals surface area (Å²) in [5, 5.41) is 2.84. The second-order valence-corrected chi connectivity index (χ2v) is 10.8. The van der Waals surface area contributed by atoms with Gasteiger partial charge in [-0.15, -0.1) is 0 Å². The zero-order valence-corrected chi connectivity index (χ0v) is 18.5. The fourth-order valence-corrected chi connectivity index (χ4v) is 4.51. The van der Waals surface area contributed by atoms with Crippen LogP contribution in [0.5, 0.6) is 0 Å². The van der Waals surface area contributed by atoms with Crippen molar-refractivity contribution in [2.75, 3.05) is 23.4 Å². The minimum atomic E-state index is -3.66. The van der Waals surface area contributed by atoms with Gasteiger partial charge in [-0.2, -0.15) is 0 Å². The average Bonchev–Trinajstić information content (AvgIpc) is 2.63. The normalized spacial score (nSPS) is 13.0. The Morgan fingerprint density at radius 3 is 2.07 bits per heavy atom. The van der Waals surface area contributed by atoms with Gasteiger partial charge in [-0.25, -0.2) is 16.8 Å². The minimum Gasteiger partial charge on any atom is -0.348 e. The Hall–Kier alpha value is -2.39. The Morgan fingerprint density at radius 1 is 1.00 bits per heavy atom. The number of benzene rings is 2. The van der Waals surface area contributed by atoms with Crippen molar-refractivity contribution in [3.8, 4) is 0 Å². The quantitative estimate of drug-likeness (QED) is 0.682. The Kier molecular flexibility index (Phi) is 7.07. The van der Waals surface area contributed by atoms with Crippen LogP contribution in [0.15, 0.2) is 53.4 Å². The van der Waals surface area contributed by atoms with Crippen molar-refractivity contribution in [3.05, 3.63) is 59.7 Å². The van der Waals surface area contributed by atoms with E-state index in [1.165, 1.54) is 12.1 Å². The summed E-state index contributed by atoms with van der Waals surface area (Å²) in [4.78, 5) is 12.8. The van der Waals surface area contributed by atoms with E-state index >= 15 is 0 Å². The monoisotopic (exact) mass is 438 g/mol. The number of sulfonamides is 1. The van der Waals surface area contributed by atoms with Crippen LogP contribution < -0.4 is 9.62 Å². The van der Waals surface area contributed by atoms with E-state index in [9.17, 15) is 21.6 Å². The first kappa shape index (κ1) is 22.9. The number of rotatable bonds is 8. The molecule has 1 N–H and O–H groups in total. The van der Waals surface area contributed by atoms with Gasteiger partial charge in [0.2, 0.25) is 15.9 Å². The first-order chi connectivity index (χ1) is 13.4. The summed E-state index contributed by atoms with van der Waals surface area (Å²) >= 11 is 0. The van der Waals surface area contributed by atoms with Crippen molar-refractivity contribution in [2.24, 2.45) is 0 Å². The molecule has 0 aliphatic carbocycles. The van der Waals surface area contributed by atoms with Gasteiger partial charge in [0, 0.05) is 6.26 Å². The number of carbonyl (C=O) groups excluding carboxylic acids is 1. The van der Waals surface area contributed by atoms with Gasteiger partial charge >= 0.3 is 0 Å². The highest BCUT2D eigenvalue weighted by atomic mass is 32.2. The SMILES string of the molecule is CC[C@@H](NC(=O)CN(c1ccccc1C)S(C)(=O)=O)c1ccc(S(C)(=O)=O)cc1. The Bertz CT molecular complexity index is 1080. The molecule has 1 atom stereocenters. The molecule has 7 nitrogen and oxygen atoms in total. The van der Waals surface area contributed by atoms with Gasteiger partial charge in [-0.1, -0.05) is 37.3 Å². The summed E-state index contributed by atoms with van der Waals surface area (Å²) in [6.07, 6.45) is 2.76. The average molecular weight is 439 g/mol. The van der Waals surface area contributed by atoms with Gasteiger partial charge in [0.15, 0.2) is 9.84 Å². The Morgan fingerprint density at radius 2 is 1.59 bits per heavy atom. The van der Waals surface area contributed by atoms with Gasteiger partial charge in [-0.3, -0.25) is 9.10 Å². The smallest absolute Gasteiger partial charge is 0.241 e. The molecule has 158 valence electrons. The maximum atomic E-state index is 12.6. The van der Waals surface area contributed by atoms with E-state index in [4.69, 9.17) is 0 Å². The van der Waals surface area contributed by atoms with Gasteiger partial charge in [0.05, 0.1) is 22.9 Å². The molecule has 2 rings (SSSR count). The van der Waals surface area contributed by atoms with E-state index in [0.717, 1.165) is 27.9 Å². The first-order valence-corrected chi connectivity index (χ1v) is 12.8. The molecule has 0 aliphatic rings. The van der Waals surface area contributed by atoms with E-state index in [2.05, 4.69) is 5.32 Å². The van der Waals surface area contributed by atoms with Gasteiger partial charge in [-0.05, 0) is 42.7 Å². The third-order valence-corrected chi connectivity index (χ3v) is 6.78. The number of nitrogens with one attached hydrogen (secondary N) is 1. The number of sulfone groups is 1. The van der Waals surface area contributed by atoms with Crippen LogP contribution in [0.1, 0.15) is 30.5 Å². The van der Waals surface area contributed by atoms with Crippen LogP contribution in [0.2, 0.25) is 0 Å². The van der Waals surface area contributed by atoms with Crippen molar-refractivity contribution >= 4 is 31.5 Å². The lowest BCUT2D eigenvalue weighted by Crippen LogP contribution is -2.41. The number of aryl methyl sites for hydroxylation is 1. The van der Waals surface area contributed by atoms with Crippen LogP contribution in [0.4, 0.5) is 5.69 Å². The van der Waals surface area contributed by atoms with E-state index in [0.29, 0.717) is 12.1 Å². The summed E-state index contributed by atoms with van der Waals surface area (Å²) < 4.78 is 48.8.